The zero-order valence-electron chi connectivity index (χ0n) is 45.5. The van der Waals surface area contributed by atoms with Crippen LogP contribution < -0.4 is 20.8 Å². The largest absolute Gasteiger partial charge is 0.451 e. The fourth-order valence-electron chi connectivity index (χ4n) is 9.36. The number of ketones is 1. The number of aliphatic hydroxyl groups is 1. The topological polar surface area (TPSA) is 226 Å². The van der Waals surface area contributed by atoms with Crippen LogP contribution in [0.3, 0.4) is 0 Å². The SMILES string of the molecule is CCCC[C@@H](C)C[C@@H]1NC(=O)[C@H](Cc2cn(OC)c3ccccc23)N(C)C(=O)[C@H](CC(C)C)NC(=O)[C@H](CC(C)C)N(C)C(=O)[C@H](C[C@H](C)CCCC)NC(=O)C(CCC(=O)CO)OC(=O)C(C)N(C)C1=O. The fraction of sp³-hybridized carbons (Fsp3) is 0.704. The summed E-state index contributed by atoms with van der Waals surface area (Å²) in [7, 11) is 5.89. The third-order valence-electron chi connectivity index (χ3n) is 13.9. The lowest BCUT2D eigenvalue weighted by Gasteiger charge is -2.35. The summed E-state index contributed by atoms with van der Waals surface area (Å²) in [4.78, 5) is 125. The van der Waals surface area contributed by atoms with Gasteiger partial charge in [0.05, 0.1) is 5.52 Å². The number of amides is 6. The van der Waals surface area contributed by atoms with E-state index in [-0.39, 0.29) is 68.6 Å². The molecule has 0 radical (unpaired) electrons. The molecule has 0 aliphatic carbocycles. The Morgan fingerprint density at radius 1 is 0.694 bits per heavy atom. The maximum atomic E-state index is 15.1. The molecule has 1 aliphatic rings. The van der Waals surface area contributed by atoms with Crippen LogP contribution in [0.4, 0.5) is 0 Å². The second-order valence-corrected chi connectivity index (χ2v) is 21.0. The van der Waals surface area contributed by atoms with E-state index in [1.165, 1.54) is 45.0 Å². The van der Waals surface area contributed by atoms with Gasteiger partial charge in [0.2, 0.25) is 29.5 Å². The molecule has 1 aromatic heterocycles. The van der Waals surface area contributed by atoms with Crippen LogP contribution in [0, 0.1) is 23.7 Å². The zero-order chi connectivity index (χ0) is 54.0. The molecule has 3 rings (SSSR count). The number of nitrogens with zero attached hydrogens (tertiary/aromatic N) is 4. The number of cyclic esters (lactones) is 1. The molecule has 9 atom stereocenters. The lowest BCUT2D eigenvalue weighted by molar-refractivity contribution is -0.164. The molecule has 1 fully saturated rings. The number of fused-ring (bicyclic) bond motifs is 1. The van der Waals surface area contributed by atoms with Crippen LogP contribution in [0.25, 0.3) is 10.9 Å². The molecule has 0 bridgehead atoms. The number of benzene rings is 1. The van der Waals surface area contributed by atoms with Crippen LogP contribution in [0.2, 0.25) is 0 Å². The van der Waals surface area contributed by atoms with Crippen molar-refractivity contribution in [3.05, 3.63) is 36.0 Å². The third-order valence-corrected chi connectivity index (χ3v) is 13.9. The van der Waals surface area contributed by atoms with E-state index < -0.39 is 96.2 Å². The summed E-state index contributed by atoms with van der Waals surface area (Å²) in [5.74, 6) is -5.89. The van der Waals surface area contributed by atoms with Gasteiger partial charge in [0.15, 0.2) is 11.9 Å². The minimum Gasteiger partial charge on any atom is -0.451 e. The molecule has 72 heavy (non-hydrogen) atoms. The van der Waals surface area contributed by atoms with Crippen molar-refractivity contribution in [3.63, 3.8) is 0 Å². The molecular formula is C54H87N7O11. The minimum atomic E-state index is -1.62. The van der Waals surface area contributed by atoms with E-state index in [2.05, 4.69) is 22.9 Å². The van der Waals surface area contributed by atoms with Crippen molar-refractivity contribution in [3.8, 4) is 0 Å². The summed E-state index contributed by atoms with van der Waals surface area (Å²) in [6, 6.07) is 0.233. The molecular weight excluding hydrogens is 923 g/mol. The van der Waals surface area contributed by atoms with Crippen molar-refractivity contribution in [2.75, 3.05) is 34.9 Å². The number of hydrogen-bond acceptors (Lipinski definition) is 11. The molecule has 2 aromatic rings. The molecule has 0 saturated carbocycles. The van der Waals surface area contributed by atoms with Crippen molar-refractivity contribution in [2.24, 2.45) is 23.7 Å². The van der Waals surface area contributed by atoms with E-state index in [0.717, 1.165) is 54.3 Å². The number of ether oxygens (including phenoxy) is 1. The van der Waals surface area contributed by atoms with Crippen LogP contribution >= 0.6 is 0 Å². The lowest BCUT2D eigenvalue weighted by atomic mass is 9.94. The number of likely N-dealkylation sites (N-methyl/N-ethyl adjacent to an activating group) is 3. The maximum Gasteiger partial charge on any atom is 0.329 e. The summed E-state index contributed by atoms with van der Waals surface area (Å²) in [6.07, 6.45) is 5.12. The Kier molecular flexibility index (Phi) is 24.7. The third kappa shape index (κ3) is 17.3. The number of esters is 1. The van der Waals surface area contributed by atoms with Crippen LogP contribution in [-0.4, -0.2) is 149 Å². The van der Waals surface area contributed by atoms with Gasteiger partial charge in [-0.25, -0.2) is 4.79 Å². The highest BCUT2D eigenvalue weighted by Crippen LogP contribution is 2.26. The summed E-state index contributed by atoms with van der Waals surface area (Å²) in [6.45, 7) is 16.3. The first-order valence-corrected chi connectivity index (χ1v) is 26.2. The monoisotopic (exact) mass is 1010 g/mol. The molecule has 2 unspecified atom stereocenters. The first-order chi connectivity index (χ1) is 34.0. The minimum absolute atomic E-state index is 0.0232. The number of Topliss-reactive ketones (excluding diaryl/α,β-unsaturated/α-hetero) is 1. The number of aromatic nitrogens is 1. The Bertz CT molecular complexity index is 2140. The number of aliphatic hydroxyl groups excluding tert-OH is 1. The van der Waals surface area contributed by atoms with Gasteiger partial charge >= 0.3 is 5.97 Å². The number of para-hydroxylation sites is 1. The molecule has 1 aromatic carbocycles. The summed E-state index contributed by atoms with van der Waals surface area (Å²) < 4.78 is 7.40. The van der Waals surface area contributed by atoms with E-state index in [0.29, 0.717) is 5.56 Å². The molecule has 18 nitrogen and oxygen atoms in total. The quantitative estimate of drug-likeness (QED) is 0.122. The van der Waals surface area contributed by atoms with Gasteiger partial charge in [0, 0.05) is 52.0 Å². The van der Waals surface area contributed by atoms with Crippen LogP contribution in [-0.2, 0) is 49.5 Å². The second kappa shape index (κ2) is 29.2. The molecule has 4 N–H and O–H groups in total. The van der Waals surface area contributed by atoms with E-state index in [4.69, 9.17) is 9.57 Å². The molecule has 404 valence electrons. The zero-order valence-corrected chi connectivity index (χ0v) is 45.5. The molecule has 2 heterocycles. The molecule has 1 saturated heterocycles. The average Bonchev–Trinajstić information content (AvgIpc) is 3.71. The van der Waals surface area contributed by atoms with Crippen molar-refractivity contribution >= 4 is 58.1 Å². The first-order valence-electron chi connectivity index (χ1n) is 26.2. The summed E-state index contributed by atoms with van der Waals surface area (Å²) in [5, 5.41) is 19.1. The maximum absolute atomic E-state index is 15.1. The average molecular weight is 1010 g/mol. The fourth-order valence-corrected chi connectivity index (χ4v) is 9.36. The van der Waals surface area contributed by atoms with Gasteiger partial charge in [-0.3, -0.25) is 33.6 Å². The predicted molar refractivity (Wildman–Crippen MR) is 276 cm³/mol. The second-order valence-electron chi connectivity index (χ2n) is 21.0. The highest BCUT2D eigenvalue weighted by Gasteiger charge is 2.41. The Morgan fingerprint density at radius 3 is 1.69 bits per heavy atom. The van der Waals surface area contributed by atoms with Gasteiger partial charge < -0.3 is 45.3 Å². The number of unbranched alkanes of at least 4 members (excludes halogenated alkanes) is 2. The van der Waals surface area contributed by atoms with Gasteiger partial charge in [0.1, 0.15) is 50.0 Å². The lowest BCUT2D eigenvalue weighted by Crippen LogP contribution is -2.60. The Balaban J connectivity index is 2.34. The van der Waals surface area contributed by atoms with Crippen molar-refractivity contribution < 1.29 is 53.0 Å². The number of rotatable bonds is 21. The Morgan fingerprint density at radius 2 is 1.18 bits per heavy atom. The van der Waals surface area contributed by atoms with Crippen LogP contribution in [0.15, 0.2) is 30.5 Å². The van der Waals surface area contributed by atoms with Crippen molar-refractivity contribution in [2.45, 2.75) is 188 Å². The number of carbonyl (C=O) groups is 8. The molecule has 0 spiro atoms. The number of nitrogens with one attached hydrogen (secondary N) is 3. The van der Waals surface area contributed by atoms with Gasteiger partial charge in [0.25, 0.3) is 5.91 Å². The number of carbonyl (C=O) groups excluding carboxylic acids is 8. The van der Waals surface area contributed by atoms with Crippen molar-refractivity contribution in [1.29, 1.82) is 0 Å². The van der Waals surface area contributed by atoms with E-state index in [1.54, 1.807) is 10.9 Å². The molecule has 1 aliphatic heterocycles. The van der Waals surface area contributed by atoms with Gasteiger partial charge in [-0.1, -0.05) is 112 Å². The van der Waals surface area contributed by atoms with E-state index in [1.807, 2.05) is 72.7 Å². The van der Waals surface area contributed by atoms with Crippen LogP contribution in [0.1, 0.15) is 145 Å². The van der Waals surface area contributed by atoms with Gasteiger partial charge in [-0.05, 0) is 67.9 Å². The molecule has 6 amide bonds. The van der Waals surface area contributed by atoms with Crippen LogP contribution in [0.5, 0.6) is 0 Å². The smallest absolute Gasteiger partial charge is 0.329 e. The summed E-state index contributed by atoms with van der Waals surface area (Å²) in [5.41, 5.74) is 1.40. The number of hydrogen-bond donors (Lipinski definition) is 4. The van der Waals surface area contributed by atoms with Crippen molar-refractivity contribution in [1.82, 2.24) is 35.4 Å². The highest BCUT2D eigenvalue weighted by molar-refractivity contribution is 5.98. The van der Waals surface area contributed by atoms with Gasteiger partial charge in [-0.2, -0.15) is 4.73 Å². The standard InChI is InChI=1S/C54H87N7O11/c1-14-16-20-35(7)28-42-51(67)58(10)37(9)54(70)72-47(25-24-39(63)32-62)50(66)57-43(29-36(8)21-17-15-2)53(69)59(11)45(27-34(5)6)48(64)55-41(26-33(3)4)52(68)60(12)46(49(65)56-42)30-38-31-61(71-13)44-23-19-18-22-40(38)44/h18-19,22-23,31,33-37,41-43,45-47,62H,14-17,20-21,24-30,32H2,1-13H3,(H,55,64)(H,56,65)(H,57,66)/t35-,36-,37?,41+,42+,43+,45+,46+,47?/m1/s1. The van der Waals surface area contributed by atoms with E-state index >= 15 is 9.59 Å². The van der Waals surface area contributed by atoms with E-state index in [9.17, 15) is 33.9 Å². The summed E-state index contributed by atoms with van der Waals surface area (Å²) >= 11 is 0. The first kappa shape index (κ1) is 60.8. The Labute approximate surface area is 428 Å². The predicted octanol–water partition coefficient (Wildman–Crippen LogP) is 4.99. The van der Waals surface area contributed by atoms with Gasteiger partial charge in [-0.15, -0.1) is 0 Å². The highest BCUT2D eigenvalue weighted by atomic mass is 16.6. The molecule has 18 heteroatoms. The normalized spacial score (nSPS) is 23.7. The Hall–Kier alpha value is -5.52.